The Morgan fingerprint density at radius 1 is 1.33 bits per heavy atom. The molecule has 1 spiro atoms. The second-order valence-corrected chi connectivity index (χ2v) is 6.40. The van der Waals surface area contributed by atoms with Gasteiger partial charge in [-0.3, -0.25) is 4.79 Å². The van der Waals surface area contributed by atoms with Crippen molar-refractivity contribution in [3.63, 3.8) is 0 Å². The van der Waals surface area contributed by atoms with Crippen LogP contribution in [0.4, 0.5) is 4.79 Å². The van der Waals surface area contributed by atoms with Crippen molar-refractivity contribution in [1.29, 1.82) is 0 Å². The number of carbonyl (C=O) groups is 2. The number of hydrazone groups is 1. The number of urea groups is 1. The number of amides is 3. The summed E-state index contributed by atoms with van der Waals surface area (Å²) in [4.78, 5) is 24.7. The van der Waals surface area contributed by atoms with Crippen LogP contribution in [-0.4, -0.2) is 40.9 Å². The Kier molecular flexibility index (Phi) is 4.36. The van der Waals surface area contributed by atoms with Crippen LogP contribution in [0, 0.1) is 0 Å². The molecule has 0 aromatic heterocycles. The Morgan fingerprint density at radius 3 is 2.71 bits per heavy atom. The van der Waals surface area contributed by atoms with Gasteiger partial charge < -0.3 is 15.2 Å². The van der Waals surface area contributed by atoms with E-state index in [0.29, 0.717) is 18.4 Å². The molecule has 3 rings (SSSR count). The molecule has 0 radical (unpaired) electrons. The summed E-state index contributed by atoms with van der Waals surface area (Å²) in [5.41, 5.74) is -0.309. The number of benzene rings is 1. The van der Waals surface area contributed by atoms with E-state index < -0.39 is 11.6 Å². The van der Waals surface area contributed by atoms with Crippen molar-refractivity contribution in [3.8, 4) is 11.5 Å². The summed E-state index contributed by atoms with van der Waals surface area (Å²) < 4.78 is 5.01. The number of hydrogen-bond acceptors (Lipinski definition) is 5. The van der Waals surface area contributed by atoms with Crippen molar-refractivity contribution in [2.45, 2.75) is 37.6 Å². The first-order valence-electron chi connectivity index (χ1n) is 7.74. The maximum atomic E-state index is 12.6. The monoisotopic (exact) mass is 351 g/mol. The first kappa shape index (κ1) is 16.6. The standard InChI is InChI=1S/C16H18ClN3O4/c1-24-12-8-10(7-11(17)13(12)21)9-18-20-14(22)16(19-15(20)23)5-3-2-4-6-16/h7-9,21H,2-6H2,1H3,(H,19,23)/b18-9+. The fourth-order valence-corrected chi connectivity index (χ4v) is 3.37. The molecule has 24 heavy (non-hydrogen) atoms. The van der Waals surface area contributed by atoms with Crippen LogP contribution < -0.4 is 10.1 Å². The van der Waals surface area contributed by atoms with Gasteiger partial charge in [0.15, 0.2) is 11.5 Å². The molecule has 0 atom stereocenters. The van der Waals surface area contributed by atoms with Gasteiger partial charge in [0.05, 0.1) is 18.3 Å². The number of methoxy groups -OCH3 is 1. The predicted molar refractivity (Wildman–Crippen MR) is 88.5 cm³/mol. The van der Waals surface area contributed by atoms with Crippen LogP contribution in [0.25, 0.3) is 0 Å². The van der Waals surface area contributed by atoms with Gasteiger partial charge in [0, 0.05) is 0 Å². The largest absolute Gasteiger partial charge is 0.503 e. The van der Waals surface area contributed by atoms with Gasteiger partial charge in [0.2, 0.25) is 0 Å². The maximum Gasteiger partial charge on any atom is 0.346 e. The Balaban J connectivity index is 1.83. The molecule has 1 saturated carbocycles. The topological polar surface area (TPSA) is 91.2 Å². The Bertz CT molecular complexity index is 714. The highest BCUT2D eigenvalue weighted by Crippen LogP contribution is 2.35. The smallest absolute Gasteiger partial charge is 0.346 e. The number of phenols is 1. The van der Waals surface area contributed by atoms with Crippen LogP contribution in [0.3, 0.4) is 0 Å². The van der Waals surface area contributed by atoms with E-state index in [1.807, 2.05) is 0 Å². The maximum absolute atomic E-state index is 12.6. The van der Waals surface area contributed by atoms with E-state index in [1.54, 1.807) is 0 Å². The van der Waals surface area contributed by atoms with E-state index in [2.05, 4.69) is 10.4 Å². The Morgan fingerprint density at radius 2 is 2.04 bits per heavy atom. The van der Waals surface area contributed by atoms with E-state index >= 15 is 0 Å². The summed E-state index contributed by atoms with van der Waals surface area (Å²) in [6.07, 6.45) is 5.51. The van der Waals surface area contributed by atoms with Gasteiger partial charge in [-0.1, -0.05) is 30.9 Å². The van der Waals surface area contributed by atoms with E-state index in [9.17, 15) is 14.7 Å². The molecule has 2 aliphatic rings. The summed E-state index contributed by atoms with van der Waals surface area (Å²) >= 11 is 5.92. The molecule has 128 valence electrons. The Labute approximate surface area is 144 Å². The van der Waals surface area contributed by atoms with Crippen molar-refractivity contribution in [3.05, 3.63) is 22.7 Å². The zero-order chi connectivity index (χ0) is 17.3. The van der Waals surface area contributed by atoms with Gasteiger partial charge in [-0.15, -0.1) is 5.01 Å². The number of carbonyl (C=O) groups excluding carboxylic acids is 2. The van der Waals surface area contributed by atoms with Crippen molar-refractivity contribution in [2.24, 2.45) is 5.10 Å². The fourth-order valence-electron chi connectivity index (χ4n) is 3.15. The lowest BCUT2D eigenvalue weighted by molar-refractivity contribution is -0.132. The molecule has 1 aromatic carbocycles. The van der Waals surface area contributed by atoms with Crippen molar-refractivity contribution < 1.29 is 19.4 Å². The summed E-state index contributed by atoms with van der Waals surface area (Å²) in [6, 6.07) is 2.46. The lowest BCUT2D eigenvalue weighted by atomic mass is 9.82. The molecule has 8 heteroatoms. The van der Waals surface area contributed by atoms with Crippen LogP contribution >= 0.6 is 11.6 Å². The third-order valence-electron chi connectivity index (χ3n) is 4.44. The van der Waals surface area contributed by atoms with E-state index in [0.717, 1.165) is 24.3 Å². The van der Waals surface area contributed by atoms with Crippen molar-refractivity contribution >= 4 is 29.8 Å². The van der Waals surface area contributed by atoms with Crippen LogP contribution in [0.2, 0.25) is 5.02 Å². The molecule has 3 amide bonds. The number of nitrogens with zero attached hydrogens (tertiary/aromatic N) is 2. The van der Waals surface area contributed by atoms with Crippen molar-refractivity contribution in [2.75, 3.05) is 7.11 Å². The summed E-state index contributed by atoms with van der Waals surface area (Å²) in [7, 11) is 1.40. The molecule has 1 aliphatic carbocycles. The van der Waals surface area contributed by atoms with Gasteiger partial charge in [-0.05, 0) is 30.5 Å². The van der Waals surface area contributed by atoms with Crippen LogP contribution in [0.1, 0.15) is 37.7 Å². The lowest BCUT2D eigenvalue weighted by Crippen LogP contribution is -2.48. The van der Waals surface area contributed by atoms with Crippen LogP contribution in [0.5, 0.6) is 11.5 Å². The molecule has 1 aliphatic heterocycles. The molecule has 7 nitrogen and oxygen atoms in total. The molecular formula is C16H18ClN3O4. The minimum Gasteiger partial charge on any atom is -0.503 e. The minimum absolute atomic E-state index is 0.0942. The number of rotatable bonds is 3. The number of imide groups is 1. The summed E-state index contributed by atoms with van der Waals surface area (Å²) in [5, 5.41) is 17.5. The number of ether oxygens (including phenoxy) is 1. The minimum atomic E-state index is -0.809. The fraction of sp³-hybridized carbons (Fsp3) is 0.438. The number of hydrogen-bond donors (Lipinski definition) is 2. The molecular weight excluding hydrogens is 334 g/mol. The number of aromatic hydroxyl groups is 1. The van der Waals surface area contributed by atoms with Gasteiger partial charge in [-0.2, -0.15) is 5.10 Å². The number of phenolic OH excluding ortho intramolecular Hbond substituents is 1. The normalized spacial score (nSPS) is 20.0. The molecule has 1 saturated heterocycles. The average Bonchev–Trinajstić information content (AvgIpc) is 2.79. The highest BCUT2D eigenvalue weighted by molar-refractivity contribution is 6.32. The zero-order valence-corrected chi connectivity index (χ0v) is 14.0. The predicted octanol–water partition coefficient (Wildman–Crippen LogP) is 2.64. The molecule has 2 N–H and O–H groups in total. The highest BCUT2D eigenvalue weighted by atomic mass is 35.5. The SMILES string of the molecule is COc1cc(/C=N/N2C(=O)NC3(CCCCC3)C2=O)cc(Cl)c1O. The van der Waals surface area contributed by atoms with Crippen molar-refractivity contribution in [1.82, 2.24) is 10.3 Å². The Hall–Kier alpha value is -2.28. The number of halogens is 1. The third-order valence-corrected chi connectivity index (χ3v) is 4.73. The molecule has 0 unspecified atom stereocenters. The molecule has 1 aromatic rings. The molecule has 2 fully saturated rings. The quantitative estimate of drug-likeness (QED) is 0.647. The van der Waals surface area contributed by atoms with Gasteiger partial charge >= 0.3 is 6.03 Å². The lowest BCUT2D eigenvalue weighted by Gasteiger charge is -2.29. The third kappa shape index (κ3) is 2.80. The zero-order valence-electron chi connectivity index (χ0n) is 13.2. The van der Waals surface area contributed by atoms with E-state index in [-0.39, 0.29) is 22.4 Å². The second kappa shape index (κ2) is 6.32. The molecule has 0 bridgehead atoms. The van der Waals surface area contributed by atoms with Gasteiger partial charge in [0.1, 0.15) is 5.54 Å². The second-order valence-electron chi connectivity index (χ2n) is 5.99. The van der Waals surface area contributed by atoms with E-state index in [1.165, 1.54) is 25.5 Å². The van der Waals surface area contributed by atoms with E-state index in [4.69, 9.17) is 16.3 Å². The van der Waals surface area contributed by atoms with Crippen LogP contribution in [-0.2, 0) is 4.79 Å². The van der Waals surface area contributed by atoms with Gasteiger partial charge in [-0.25, -0.2) is 4.79 Å². The summed E-state index contributed by atoms with van der Waals surface area (Å²) in [5.74, 6) is -0.308. The molecule has 1 heterocycles. The van der Waals surface area contributed by atoms with Crippen LogP contribution in [0.15, 0.2) is 17.2 Å². The first-order valence-corrected chi connectivity index (χ1v) is 8.12. The summed E-state index contributed by atoms with van der Waals surface area (Å²) in [6.45, 7) is 0. The average molecular weight is 352 g/mol. The van der Waals surface area contributed by atoms with Gasteiger partial charge in [0.25, 0.3) is 5.91 Å². The number of nitrogens with one attached hydrogen (secondary N) is 1. The highest BCUT2D eigenvalue weighted by Gasteiger charge is 2.51. The first-order chi connectivity index (χ1) is 11.5.